The third kappa shape index (κ3) is 7.18. The highest BCUT2D eigenvalue weighted by Gasteiger charge is 2.34. The van der Waals surface area contributed by atoms with Gasteiger partial charge in [0, 0.05) is 18.8 Å². The number of carbonyl (C=O) groups excluding carboxylic acids is 3. The van der Waals surface area contributed by atoms with Crippen LogP contribution in [0.4, 0.5) is 5.69 Å². The molecule has 3 heterocycles. The van der Waals surface area contributed by atoms with E-state index in [2.05, 4.69) is 40.6 Å². The van der Waals surface area contributed by atoms with Crippen molar-refractivity contribution >= 4 is 34.4 Å². The number of aromatic amines is 1. The summed E-state index contributed by atoms with van der Waals surface area (Å²) in [5, 5.41) is 3.03. The Balaban J connectivity index is 0.932. The Morgan fingerprint density at radius 2 is 1.29 bits per heavy atom. The van der Waals surface area contributed by atoms with Gasteiger partial charge in [-0.3, -0.25) is 14.4 Å². The first-order chi connectivity index (χ1) is 23.5. The average Bonchev–Trinajstić information content (AvgIpc) is 3.89. The van der Waals surface area contributed by atoms with E-state index in [-0.39, 0.29) is 23.8 Å². The van der Waals surface area contributed by atoms with Crippen molar-refractivity contribution in [2.45, 2.75) is 63.5 Å². The van der Waals surface area contributed by atoms with Gasteiger partial charge >= 0.3 is 0 Å². The monoisotopic (exact) mass is 639 g/mol. The quantitative estimate of drug-likeness (QED) is 0.184. The fourth-order valence-corrected chi connectivity index (χ4v) is 7.09. The lowest BCUT2D eigenvalue weighted by atomic mass is 10.0. The molecule has 0 spiro atoms. The molecular weight excluding hydrogens is 598 g/mol. The molecule has 0 radical (unpaired) electrons. The molecule has 2 saturated heterocycles. The summed E-state index contributed by atoms with van der Waals surface area (Å²) >= 11 is 0. The number of H-pyrrole nitrogens is 1. The van der Waals surface area contributed by atoms with Crippen molar-refractivity contribution in [2.75, 3.05) is 18.4 Å². The predicted octanol–water partition coefficient (Wildman–Crippen LogP) is 6.43. The zero-order valence-corrected chi connectivity index (χ0v) is 27.1. The van der Waals surface area contributed by atoms with Gasteiger partial charge < -0.3 is 20.1 Å². The molecule has 8 nitrogen and oxygen atoms in total. The topological polar surface area (TPSA) is 98.4 Å². The highest BCUT2D eigenvalue weighted by molar-refractivity contribution is 5.97. The van der Waals surface area contributed by atoms with Crippen molar-refractivity contribution in [3.8, 4) is 0 Å². The molecule has 48 heavy (non-hydrogen) atoms. The molecular formula is C40H41N5O3. The van der Waals surface area contributed by atoms with Gasteiger partial charge in [-0.2, -0.15) is 0 Å². The first-order valence-electron chi connectivity index (χ1n) is 17.1. The number of nitrogens with zero attached hydrogens (tertiary/aromatic N) is 3. The third-order valence-electron chi connectivity index (χ3n) is 9.65. The minimum atomic E-state index is -0.440. The van der Waals surface area contributed by atoms with E-state index in [4.69, 9.17) is 4.98 Å². The van der Waals surface area contributed by atoms with Crippen LogP contribution in [-0.2, 0) is 40.1 Å². The third-order valence-corrected chi connectivity index (χ3v) is 9.65. The summed E-state index contributed by atoms with van der Waals surface area (Å²) in [4.78, 5) is 51.4. The maximum absolute atomic E-state index is 13.2. The number of amides is 3. The Bertz CT molecular complexity index is 1890. The molecule has 244 valence electrons. The zero-order chi connectivity index (χ0) is 32.9. The molecule has 2 fully saturated rings. The molecule has 2 aliphatic rings. The molecule has 1 aromatic heterocycles. The standard InChI is InChI=1S/C40H41N5O3/c46-37(26-29-9-3-1-4-10-29)44-23-7-13-35(44)39-42-33-22-19-31(25-34(33)43-39)16-15-28-17-20-32(21-18-28)41-40(48)36-14-8-24-45(36)38(47)27-30-11-5-2-6-12-30/h1-6,9-12,17-22,25,35-36H,7-8,13-16,23-24,26-27H2,(H,41,48)(H,42,43)/t35-,36-/m0/s1. The summed E-state index contributed by atoms with van der Waals surface area (Å²) in [7, 11) is 0. The molecule has 5 aromatic rings. The van der Waals surface area contributed by atoms with Crippen LogP contribution in [0.15, 0.2) is 103 Å². The van der Waals surface area contributed by atoms with E-state index in [0.717, 1.165) is 72.3 Å². The molecule has 3 amide bonds. The Morgan fingerprint density at radius 3 is 2.00 bits per heavy atom. The number of benzene rings is 4. The lowest BCUT2D eigenvalue weighted by Crippen LogP contribution is -2.43. The summed E-state index contributed by atoms with van der Waals surface area (Å²) in [6.45, 7) is 1.37. The van der Waals surface area contributed by atoms with Crippen LogP contribution in [-0.4, -0.2) is 56.6 Å². The molecule has 0 aliphatic carbocycles. The van der Waals surface area contributed by atoms with Crippen LogP contribution in [0.25, 0.3) is 11.0 Å². The van der Waals surface area contributed by atoms with Crippen LogP contribution in [0.5, 0.6) is 0 Å². The summed E-state index contributed by atoms with van der Waals surface area (Å²) in [6.07, 6.45) is 5.83. The van der Waals surface area contributed by atoms with Crippen molar-refractivity contribution < 1.29 is 14.4 Å². The minimum absolute atomic E-state index is 0.00631. The smallest absolute Gasteiger partial charge is 0.247 e. The fraction of sp³-hybridized carbons (Fsp3) is 0.300. The van der Waals surface area contributed by atoms with E-state index < -0.39 is 6.04 Å². The molecule has 0 bridgehead atoms. The molecule has 2 N–H and O–H groups in total. The van der Waals surface area contributed by atoms with Gasteiger partial charge in [0.1, 0.15) is 11.9 Å². The summed E-state index contributed by atoms with van der Waals surface area (Å²) in [5.41, 5.74) is 7.02. The molecule has 7 rings (SSSR count). The normalized spacial score (nSPS) is 17.6. The molecule has 2 aliphatic heterocycles. The number of carbonyl (C=O) groups is 3. The van der Waals surface area contributed by atoms with E-state index in [1.165, 1.54) is 11.1 Å². The summed E-state index contributed by atoms with van der Waals surface area (Å²) < 4.78 is 0. The van der Waals surface area contributed by atoms with Crippen molar-refractivity contribution in [3.63, 3.8) is 0 Å². The van der Waals surface area contributed by atoms with E-state index in [1.54, 1.807) is 4.90 Å². The Labute approximate surface area is 281 Å². The Kier molecular flexibility index (Phi) is 9.32. The van der Waals surface area contributed by atoms with Gasteiger partial charge in [-0.1, -0.05) is 78.9 Å². The van der Waals surface area contributed by atoms with Crippen molar-refractivity contribution in [1.29, 1.82) is 0 Å². The zero-order valence-electron chi connectivity index (χ0n) is 27.1. The highest BCUT2D eigenvalue weighted by atomic mass is 16.2. The lowest BCUT2D eigenvalue weighted by Gasteiger charge is -2.24. The van der Waals surface area contributed by atoms with Gasteiger partial charge in [0.25, 0.3) is 0 Å². The maximum atomic E-state index is 13.2. The van der Waals surface area contributed by atoms with Gasteiger partial charge in [0.2, 0.25) is 17.7 Å². The minimum Gasteiger partial charge on any atom is -0.340 e. The van der Waals surface area contributed by atoms with E-state index in [1.807, 2.05) is 77.7 Å². The second-order valence-electron chi connectivity index (χ2n) is 13.0. The predicted molar refractivity (Wildman–Crippen MR) is 187 cm³/mol. The van der Waals surface area contributed by atoms with E-state index >= 15 is 0 Å². The number of likely N-dealkylation sites (tertiary alicyclic amines) is 2. The second kappa shape index (κ2) is 14.3. The van der Waals surface area contributed by atoms with Gasteiger partial charge in [-0.05, 0) is 85.0 Å². The van der Waals surface area contributed by atoms with Gasteiger partial charge in [-0.25, -0.2) is 4.98 Å². The second-order valence-corrected chi connectivity index (χ2v) is 13.0. The number of nitrogens with one attached hydrogen (secondary N) is 2. The number of anilines is 1. The van der Waals surface area contributed by atoms with Crippen LogP contribution >= 0.6 is 0 Å². The first-order valence-corrected chi connectivity index (χ1v) is 17.1. The lowest BCUT2D eigenvalue weighted by molar-refractivity contribution is -0.136. The first kappa shape index (κ1) is 31.4. The number of rotatable bonds is 10. The van der Waals surface area contributed by atoms with Crippen molar-refractivity contribution in [2.24, 2.45) is 0 Å². The highest BCUT2D eigenvalue weighted by Crippen LogP contribution is 2.32. The molecule has 8 heteroatoms. The fourth-order valence-electron chi connectivity index (χ4n) is 7.09. The van der Waals surface area contributed by atoms with Crippen LogP contribution in [0.2, 0.25) is 0 Å². The largest absolute Gasteiger partial charge is 0.340 e. The number of imidazole rings is 1. The number of aromatic nitrogens is 2. The molecule has 4 aromatic carbocycles. The van der Waals surface area contributed by atoms with Gasteiger partial charge in [0.05, 0.1) is 29.9 Å². The SMILES string of the molecule is O=C(Nc1ccc(CCc2ccc3nc([C@@H]4CCCN4C(=O)Cc4ccccc4)[nH]c3c2)cc1)[C@@H]1CCCN1C(=O)Cc1ccccc1. The van der Waals surface area contributed by atoms with Crippen molar-refractivity contribution in [1.82, 2.24) is 19.8 Å². The number of hydrogen-bond acceptors (Lipinski definition) is 4. The van der Waals surface area contributed by atoms with Crippen LogP contribution < -0.4 is 5.32 Å². The van der Waals surface area contributed by atoms with Crippen LogP contribution in [0.3, 0.4) is 0 Å². The number of fused-ring (bicyclic) bond motifs is 1. The Hall–Kier alpha value is -5.24. The van der Waals surface area contributed by atoms with Crippen LogP contribution in [0, 0.1) is 0 Å². The van der Waals surface area contributed by atoms with Crippen molar-refractivity contribution in [3.05, 3.63) is 131 Å². The number of aryl methyl sites for hydroxylation is 2. The van der Waals surface area contributed by atoms with Gasteiger partial charge in [-0.15, -0.1) is 0 Å². The van der Waals surface area contributed by atoms with E-state index in [0.29, 0.717) is 25.8 Å². The molecule has 2 atom stereocenters. The molecule has 0 saturated carbocycles. The van der Waals surface area contributed by atoms with Gasteiger partial charge in [0.15, 0.2) is 0 Å². The summed E-state index contributed by atoms with van der Waals surface area (Å²) in [6, 6.07) is 33.5. The maximum Gasteiger partial charge on any atom is 0.247 e. The van der Waals surface area contributed by atoms with Crippen LogP contribution in [0.1, 0.15) is 59.8 Å². The molecule has 0 unspecified atom stereocenters. The summed E-state index contributed by atoms with van der Waals surface area (Å²) in [5.74, 6) is 0.869. The number of hydrogen-bond donors (Lipinski definition) is 2. The average molecular weight is 640 g/mol. The van der Waals surface area contributed by atoms with E-state index in [9.17, 15) is 14.4 Å². The Morgan fingerprint density at radius 1 is 0.688 bits per heavy atom.